The Morgan fingerprint density at radius 3 is 2.72 bits per heavy atom. The van der Waals surface area contributed by atoms with E-state index in [9.17, 15) is 4.79 Å². The number of aromatic nitrogens is 1. The summed E-state index contributed by atoms with van der Waals surface area (Å²) in [7, 11) is 1.93. The maximum absolute atomic E-state index is 12.1. The van der Waals surface area contributed by atoms with Gasteiger partial charge in [-0.3, -0.25) is 4.79 Å². The zero-order valence-corrected chi connectivity index (χ0v) is 14.8. The number of hydrogen-bond donors (Lipinski definition) is 1. The average Bonchev–Trinajstić information content (AvgIpc) is 3.13. The fourth-order valence-electron chi connectivity index (χ4n) is 2.65. The first kappa shape index (κ1) is 15.8. The Balaban J connectivity index is 1.76. The Bertz CT molecular complexity index is 1070. The summed E-state index contributed by atoms with van der Waals surface area (Å²) in [6.45, 7) is 0. The summed E-state index contributed by atoms with van der Waals surface area (Å²) < 4.78 is 1.95. The molecule has 0 aliphatic carbocycles. The number of nitrogens with zero attached hydrogens (tertiary/aromatic N) is 3. The van der Waals surface area contributed by atoms with Crippen LogP contribution >= 0.6 is 22.9 Å². The summed E-state index contributed by atoms with van der Waals surface area (Å²) in [4.78, 5) is 12.8. The zero-order chi connectivity index (χ0) is 17.4. The fraction of sp³-hybridized carbons (Fsp3) is 0.0556. The van der Waals surface area contributed by atoms with Crippen LogP contribution < -0.4 is 10.1 Å². The van der Waals surface area contributed by atoms with E-state index < -0.39 is 0 Å². The molecule has 0 bridgehead atoms. The molecule has 25 heavy (non-hydrogen) atoms. The van der Waals surface area contributed by atoms with E-state index in [4.69, 9.17) is 11.6 Å². The molecule has 7 heteroatoms. The molecule has 0 spiro atoms. The number of amides is 1. The molecule has 0 fully saturated rings. The number of nitrogens with one attached hydrogen (secondary N) is 1. The van der Waals surface area contributed by atoms with Crippen molar-refractivity contribution in [2.45, 2.75) is 0 Å². The van der Waals surface area contributed by atoms with Gasteiger partial charge in [0.2, 0.25) is 4.80 Å². The van der Waals surface area contributed by atoms with Crippen molar-refractivity contribution in [3.8, 4) is 11.3 Å². The Hall–Kier alpha value is -2.70. The van der Waals surface area contributed by atoms with Crippen LogP contribution in [0.15, 0.2) is 64.1 Å². The summed E-state index contributed by atoms with van der Waals surface area (Å²) in [5.41, 5.74) is 3.79. The van der Waals surface area contributed by atoms with Crippen molar-refractivity contribution in [3.05, 3.63) is 69.3 Å². The lowest BCUT2D eigenvalue weighted by atomic mass is 10.1. The van der Waals surface area contributed by atoms with E-state index in [1.165, 1.54) is 11.3 Å². The van der Waals surface area contributed by atoms with Crippen LogP contribution in [0.5, 0.6) is 0 Å². The highest BCUT2D eigenvalue weighted by molar-refractivity contribution is 7.07. The van der Waals surface area contributed by atoms with Crippen molar-refractivity contribution in [3.63, 3.8) is 0 Å². The highest BCUT2D eigenvalue weighted by Crippen LogP contribution is 2.26. The predicted octanol–water partition coefficient (Wildman–Crippen LogP) is 3.66. The number of carbonyl (C=O) groups is 1. The van der Waals surface area contributed by atoms with E-state index in [1.54, 1.807) is 18.2 Å². The lowest BCUT2D eigenvalue weighted by molar-refractivity contribution is -0.110. The first-order chi connectivity index (χ1) is 12.1. The third kappa shape index (κ3) is 2.90. The lowest BCUT2D eigenvalue weighted by Crippen LogP contribution is -2.15. The van der Waals surface area contributed by atoms with Crippen LogP contribution in [-0.4, -0.2) is 16.2 Å². The molecule has 0 radical (unpaired) electrons. The SMILES string of the molecule is Cn1c(-c2ccccc2)cs/c1=N\N=C1\C(=O)Nc2ccc(Cl)cc21. The van der Waals surface area contributed by atoms with Crippen molar-refractivity contribution in [2.24, 2.45) is 17.3 Å². The number of halogens is 1. The molecule has 0 saturated heterocycles. The molecule has 1 amide bonds. The third-order valence-corrected chi connectivity index (χ3v) is 5.07. The second kappa shape index (κ2) is 6.31. The van der Waals surface area contributed by atoms with Crippen LogP contribution in [0.25, 0.3) is 11.3 Å². The van der Waals surface area contributed by atoms with Crippen molar-refractivity contribution in [1.82, 2.24) is 4.57 Å². The second-order valence-corrected chi connectivity index (χ2v) is 6.79. The maximum atomic E-state index is 12.1. The summed E-state index contributed by atoms with van der Waals surface area (Å²) in [6.07, 6.45) is 0. The molecule has 2 heterocycles. The summed E-state index contributed by atoms with van der Waals surface area (Å²) in [5.74, 6) is -0.275. The van der Waals surface area contributed by atoms with Gasteiger partial charge in [0.1, 0.15) is 0 Å². The van der Waals surface area contributed by atoms with Gasteiger partial charge in [-0.2, -0.15) is 0 Å². The smallest absolute Gasteiger partial charge is 0.276 e. The molecule has 3 aromatic rings. The van der Waals surface area contributed by atoms with Gasteiger partial charge in [-0.05, 0) is 23.8 Å². The monoisotopic (exact) mass is 368 g/mol. The van der Waals surface area contributed by atoms with Crippen LogP contribution in [0.3, 0.4) is 0 Å². The maximum Gasteiger partial charge on any atom is 0.276 e. The van der Waals surface area contributed by atoms with Gasteiger partial charge in [-0.15, -0.1) is 21.5 Å². The van der Waals surface area contributed by atoms with Crippen LogP contribution in [-0.2, 0) is 11.8 Å². The quantitative estimate of drug-likeness (QED) is 0.689. The summed E-state index contributed by atoms with van der Waals surface area (Å²) in [6, 6.07) is 15.3. The average molecular weight is 369 g/mol. The largest absolute Gasteiger partial charge is 0.320 e. The predicted molar refractivity (Wildman–Crippen MR) is 101 cm³/mol. The van der Waals surface area contributed by atoms with E-state index >= 15 is 0 Å². The molecule has 124 valence electrons. The Labute approximate surface area is 152 Å². The van der Waals surface area contributed by atoms with Gasteiger partial charge in [0.25, 0.3) is 5.91 Å². The van der Waals surface area contributed by atoms with E-state index in [0.29, 0.717) is 21.1 Å². The lowest BCUT2D eigenvalue weighted by Gasteiger charge is -2.01. The summed E-state index contributed by atoms with van der Waals surface area (Å²) >= 11 is 7.49. The Morgan fingerprint density at radius 1 is 1.12 bits per heavy atom. The molecular weight excluding hydrogens is 356 g/mol. The van der Waals surface area contributed by atoms with Crippen molar-refractivity contribution in [2.75, 3.05) is 5.32 Å². The number of anilines is 1. The number of thiazole rings is 1. The normalized spacial score (nSPS) is 15.5. The minimum absolute atomic E-state index is 0.271. The minimum Gasteiger partial charge on any atom is -0.320 e. The molecule has 1 aliphatic heterocycles. The summed E-state index contributed by atoms with van der Waals surface area (Å²) in [5, 5.41) is 13.8. The van der Waals surface area contributed by atoms with Crippen LogP contribution in [0.4, 0.5) is 5.69 Å². The minimum atomic E-state index is -0.275. The number of fused-ring (bicyclic) bond motifs is 1. The highest BCUT2D eigenvalue weighted by Gasteiger charge is 2.26. The van der Waals surface area contributed by atoms with Crippen LogP contribution in [0.2, 0.25) is 5.02 Å². The number of benzene rings is 2. The zero-order valence-electron chi connectivity index (χ0n) is 13.2. The molecule has 0 unspecified atom stereocenters. The fourth-order valence-corrected chi connectivity index (χ4v) is 3.68. The molecule has 1 aliphatic rings. The first-order valence-electron chi connectivity index (χ1n) is 7.56. The second-order valence-electron chi connectivity index (χ2n) is 5.52. The molecule has 0 saturated carbocycles. The van der Waals surface area contributed by atoms with Gasteiger partial charge < -0.3 is 9.88 Å². The van der Waals surface area contributed by atoms with E-state index in [2.05, 4.69) is 15.5 Å². The van der Waals surface area contributed by atoms with Gasteiger partial charge in [0.15, 0.2) is 5.71 Å². The topological polar surface area (TPSA) is 58.8 Å². The molecule has 1 N–H and O–H groups in total. The number of carbonyl (C=O) groups excluding carboxylic acids is 1. The molecule has 2 aromatic carbocycles. The molecule has 4 rings (SSSR count). The number of hydrogen-bond acceptors (Lipinski definition) is 4. The van der Waals surface area contributed by atoms with Crippen molar-refractivity contribution in [1.29, 1.82) is 0 Å². The van der Waals surface area contributed by atoms with Gasteiger partial charge >= 0.3 is 0 Å². The van der Waals surface area contributed by atoms with E-state index in [1.807, 2.05) is 47.3 Å². The van der Waals surface area contributed by atoms with Gasteiger partial charge in [-0.25, -0.2) is 0 Å². The molecule has 1 aromatic heterocycles. The van der Waals surface area contributed by atoms with Crippen molar-refractivity contribution >= 4 is 40.2 Å². The van der Waals surface area contributed by atoms with Gasteiger partial charge in [0, 0.05) is 23.0 Å². The van der Waals surface area contributed by atoms with Gasteiger partial charge in [-0.1, -0.05) is 41.9 Å². The molecular formula is C18H13ClN4OS. The Morgan fingerprint density at radius 2 is 1.92 bits per heavy atom. The van der Waals surface area contributed by atoms with E-state index in [0.717, 1.165) is 11.3 Å². The van der Waals surface area contributed by atoms with Gasteiger partial charge in [0.05, 0.1) is 11.4 Å². The molecule has 5 nitrogen and oxygen atoms in total. The van der Waals surface area contributed by atoms with E-state index in [-0.39, 0.29) is 11.6 Å². The third-order valence-electron chi connectivity index (χ3n) is 3.93. The Kier molecular flexibility index (Phi) is 3.99. The van der Waals surface area contributed by atoms with Crippen molar-refractivity contribution < 1.29 is 4.79 Å². The highest BCUT2D eigenvalue weighted by atomic mass is 35.5. The van der Waals surface area contributed by atoms with Crippen LogP contribution in [0.1, 0.15) is 5.56 Å². The first-order valence-corrected chi connectivity index (χ1v) is 8.82. The van der Waals surface area contributed by atoms with Crippen LogP contribution in [0, 0.1) is 0 Å². The molecule has 0 atom stereocenters. The number of rotatable bonds is 2. The standard InChI is InChI=1S/C18H13ClN4OS/c1-23-15(11-5-3-2-4-6-11)10-25-18(23)22-21-16-13-9-12(19)7-8-14(13)20-17(16)24/h2-10H,1H3,(H,20,21,24)/b22-18-.